The van der Waals surface area contributed by atoms with Crippen molar-refractivity contribution < 1.29 is 18.9 Å². The zero-order chi connectivity index (χ0) is 32.0. The SMILES string of the molecule is Cc1cn2cc(NC(=O)c3ccc(N4CCC(N(C(=O)OC(C)(C)C)C5CC5)CC4)c4c[n+](C(C)C)cnc34)cc(C#N)c2n1. The van der Waals surface area contributed by atoms with E-state index in [1.807, 2.05) is 55.5 Å². The Kier molecular flexibility index (Phi) is 7.85. The highest BCUT2D eigenvalue weighted by atomic mass is 16.6. The van der Waals surface area contributed by atoms with Gasteiger partial charge in [-0.3, -0.25) is 4.79 Å². The summed E-state index contributed by atoms with van der Waals surface area (Å²) in [4.78, 5) is 40.3. The number of hydrogen-bond acceptors (Lipinski definition) is 7. The van der Waals surface area contributed by atoms with Gasteiger partial charge in [-0.15, -0.1) is 0 Å². The van der Waals surface area contributed by atoms with Crippen molar-refractivity contribution in [2.75, 3.05) is 23.3 Å². The van der Waals surface area contributed by atoms with Gasteiger partial charge in [0.05, 0.1) is 39.6 Å². The average molecular weight is 610 g/mol. The first-order chi connectivity index (χ1) is 21.4. The van der Waals surface area contributed by atoms with E-state index in [9.17, 15) is 14.9 Å². The maximum absolute atomic E-state index is 13.7. The highest BCUT2D eigenvalue weighted by Gasteiger charge is 2.41. The molecule has 1 N–H and O–H groups in total. The Labute approximate surface area is 263 Å². The molecule has 1 aliphatic carbocycles. The minimum atomic E-state index is -0.528. The molecule has 1 saturated carbocycles. The number of aromatic nitrogens is 4. The Morgan fingerprint density at radius 3 is 2.49 bits per heavy atom. The normalized spacial score (nSPS) is 15.8. The largest absolute Gasteiger partial charge is 0.444 e. The molecule has 1 aliphatic heterocycles. The number of carbonyl (C=O) groups excluding carboxylic acids is 2. The summed E-state index contributed by atoms with van der Waals surface area (Å²) in [5, 5.41) is 13.5. The topological polar surface area (TPSA) is 120 Å². The maximum Gasteiger partial charge on any atom is 0.410 e. The van der Waals surface area contributed by atoms with Gasteiger partial charge in [0.2, 0.25) is 5.52 Å². The van der Waals surface area contributed by atoms with E-state index in [-0.39, 0.29) is 30.1 Å². The molecule has 0 radical (unpaired) electrons. The van der Waals surface area contributed by atoms with Gasteiger partial charge in [-0.2, -0.15) is 5.26 Å². The molecule has 6 rings (SSSR count). The molecule has 3 aromatic heterocycles. The summed E-state index contributed by atoms with van der Waals surface area (Å²) < 4.78 is 9.58. The second-order valence-corrected chi connectivity index (χ2v) is 13.5. The number of piperidine rings is 1. The first kappa shape index (κ1) is 30.3. The quantitative estimate of drug-likeness (QED) is 0.285. The predicted molar refractivity (Wildman–Crippen MR) is 171 cm³/mol. The molecule has 11 heteroatoms. The zero-order valence-corrected chi connectivity index (χ0v) is 26.9. The average Bonchev–Trinajstić information content (AvgIpc) is 3.74. The third kappa shape index (κ3) is 6.27. The van der Waals surface area contributed by atoms with Gasteiger partial charge in [-0.05, 0) is 90.4 Å². The summed E-state index contributed by atoms with van der Waals surface area (Å²) in [6, 6.07) is 8.24. The number of carbonyl (C=O) groups is 2. The number of hydrogen-bond donors (Lipinski definition) is 1. The van der Waals surface area contributed by atoms with Gasteiger partial charge >= 0.3 is 6.09 Å². The minimum absolute atomic E-state index is 0.133. The lowest BCUT2D eigenvalue weighted by molar-refractivity contribution is -0.717. The van der Waals surface area contributed by atoms with E-state index in [4.69, 9.17) is 9.72 Å². The third-order valence-electron chi connectivity index (χ3n) is 8.43. The van der Waals surface area contributed by atoms with Crippen LogP contribution in [0.15, 0.2) is 43.1 Å². The Bertz CT molecular complexity index is 1820. The minimum Gasteiger partial charge on any atom is -0.444 e. The van der Waals surface area contributed by atoms with Crippen LogP contribution in [0.25, 0.3) is 16.6 Å². The van der Waals surface area contributed by atoms with Crippen LogP contribution < -0.4 is 14.8 Å². The maximum atomic E-state index is 13.7. The molecule has 11 nitrogen and oxygen atoms in total. The van der Waals surface area contributed by atoms with Crippen LogP contribution >= 0.6 is 0 Å². The number of amides is 2. The lowest BCUT2D eigenvalue weighted by Crippen LogP contribution is -2.50. The molecule has 45 heavy (non-hydrogen) atoms. The molecule has 1 aromatic carbocycles. The Morgan fingerprint density at radius 1 is 1.13 bits per heavy atom. The monoisotopic (exact) mass is 609 g/mol. The molecule has 234 valence electrons. The fourth-order valence-electron chi connectivity index (χ4n) is 6.13. The van der Waals surface area contributed by atoms with Gasteiger partial charge in [0.25, 0.3) is 12.2 Å². The van der Waals surface area contributed by atoms with Gasteiger partial charge in [0.15, 0.2) is 5.65 Å². The number of benzene rings is 1. The van der Waals surface area contributed by atoms with Crippen LogP contribution in [0.3, 0.4) is 0 Å². The van der Waals surface area contributed by atoms with Crippen LogP contribution in [-0.2, 0) is 4.74 Å². The highest BCUT2D eigenvalue weighted by molar-refractivity contribution is 6.13. The van der Waals surface area contributed by atoms with E-state index in [1.165, 1.54) is 0 Å². The molecule has 4 aromatic rings. The number of rotatable bonds is 6. The highest BCUT2D eigenvalue weighted by Crippen LogP contribution is 2.36. The number of nitrogens with one attached hydrogen (secondary N) is 1. The number of nitrogens with zero attached hydrogens (tertiary/aromatic N) is 7. The van der Waals surface area contributed by atoms with Crippen molar-refractivity contribution in [1.82, 2.24) is 19.3 Å². The third-order valence-corrected chi connectivity index (χ3v) is 8.43. The molecule has 2 amide bonds. The van der Waals surface area contributed by atoms with Crippen LogP contribution in [0.4, 0.5) is 16.2 Å². The van der Waals surface area contributed by atoms with Gasteiger partial charge in [0, 0.05) is 37.6 Å². The Morgan fingerprint density at radius 2 is 1.84 bits per heavy atom. The second-order valence-electron chi connectivity index (χ2n) is 13.5. The fourth-order valence-corrected chi connectivity index (χ4v) is 6.13. The van der Waals surface area contributed by atoms with Crippen molar-refractivity contribution in [2.24, 2.45) is 0 Å². The van der Waals surface area contributed by atoms with Crippen molar-refractivity contribution in [3.63, 3.8) is 0 Å². The fraction of sp³-hybridized carbons (Fsp3) is 0.471. The molecule has 0 unspecified atom stereocenters. The van der Waals surface area contributed by atoms with E-state index in [0.29, 0.717) is 28.0 Å². The molecular formula is C34H41N8O3+. The second kappa shape index (κ2) is 11.7. The molecule has 4 heterocycles. The van der Waals surface area contributed by atoms with Gasteiger partial charge < -0.3 is 24.3 Å². The standard InChI is InChI=1S/C34H40N8O3/c1-21(2)41-19-28-29(39-13-11-26(12-14-39)42(25-7-8-25)33(44)45-34(4,5)6)10-9-27(30(28)36-20-41)32(43)38-24-15-23(16-35)31-37-22(3)17-40(31)18-24/h9-10,15,17-21,25-26H,7-8,11-14H2,1-6H3/p+1. The summed E-state index contributed by atoms with van der Waals surface area (Å²) in [7, 11) is 0. The summed E-state index contributed by atoms with van der Waals surface area (Å²) in [5.74, 6) is -0.308. The van der Waals surface area contributed by atoms with Crippen LogP contribution in [0.1, 0.15) is 88.0 Å². The summed E-state index contributed by atoms with van der Waals surface area (Å²) in [6.45, 7) is 13.3. The predicted octanol–water partition coefficient (Wildman–Crippen LogP) is 5.55. The molecule has 2 aliphatic rings. The summed E-state index contributed by atoms with van der Waals surface area (Å²) in [5.41, 5.74) is 3.76. The zero-order valence-electron chi connectivity index (χ0n) is 26.9. The number of nitriles is 1. The van der Waals surface area contributed by atoms with Crippen molar-refractivity contribution in [3.05, 3.63) is 59.9 Å². The lowest BCUT2D eigenvalue weighted by Gasteiger charge is -2.40. The molecule has 2 fully saturated rings. The van der Waals surface area contributed by atoms with Gasteiger partial charge in [0.1, 0.15) is 17.9 Å². The van der Waals surface area contributed by atoms with E-state index in [0.717, 1.165) is 55.5 Å². The Hall–Kier alpha value is -4.72. The molecule has 0 bridgehead atoms. The molecular weight excluding hydrogens is 568 g/mol. The van der Waals surface area contributed by atoms with E-state index < -0.39 is 5.60 Å². The van der Waals surface area contributed by atoms with Crippen molar-refractivity contribution in [2.45, 2.75) is 91.0 Å². The number of anilines is 2. The van der Waals surface area contributed by atoms with E-state index in [2.05, 4.69) is 41.3 Å². The van der Waals surface area contributed by atoms with Gasteiger partial charge in [-0.25, -0.2) is 14.3 Å². The van der Waals surface area contributed by atoms with Crippen LogP contribution in [0.5, 0.6) is 0 Å². The smallest absolute Gasteiger partial charge is 0.410 e. The number of fused-ring (bicyclic) bond motifs is 2. The summed E-state index contributed by atoms with van der Waals surface area (Å²) >= 11 is 0. The molecule has 1 saturated heterocycles. The summed E-state index contributed by atoms with van der Waals surface area (Å²) in [6.07, 6.45) is 10.9. The number of ether oxygens (including phenoxy) is 1. The first-order valence-electron chi connectivity index (χ1n) is 15.7. The number of imidazole rings is 1. The number of pyridine rings is 1. The number of aryl methyl sites for hydroxylation is 1. The Balaban J connectivity index is 1.27. The van der Waals surface area contributed by atoms with Gasteiger partial charge in [-0.1, -0.05) is 0 Å². The van der Waals surface area contributed by atoms with Crippen LogP contribution in [-0.4, -0.2) is 62.0 Å². The van der Waals surface area contributed by atoms with E-state index in [1.54, 1.807) is 23.0 Å². The lowest BCUT2D eigenvalue weighted by atomic mass is 10.0. The molecule has 0 atom stereocenters. The van der Waals surface area contributed by atoms with Crippen LogP contribution in [0, 0.1) is 18.3 Å². The molecule has 0 spiro atoms. The van der Waals surface area contributed by atoms with Crippen LogP contribution in [0.2, 0.25) is 0 Å². The van der Waals surface area contributed by atoms with Crippen molar-refractivity contribution in [3.8, 4) is 6.07 Å². The van der Waals surface area contributed by atoms with Crippen molar-refractivity contribution >= 4 is 39.9 Å². The van der Waals surface area contributed by atoms with E-state index >= 15 is 0 Å². The van der Waals surface area contributed by atoms with Crippen molar-refractivity contribution in [1.29, 1.82) is 5.26 Å². The first-order valence-corrected chi connectivity index (χ1v) is 15.7.